The molecule has 0 saturated carbocycles. The van der Waals surface area contributed by atoms with Crippen LogP contribution in [0.5, 0.6) is 11.5 Å². The maximum Gasteiger partial charge on any atom is 0.120 e. The highest BCUT2D eigenvalue weighted by Gasteiger charge is 2.06. The van der Waals surface area contributed by atoms with Crippen molar-refractivity contribution in [2.45, 2.75) is 19.4 Å². The third-order valence-corrected chi connectivity index (χ3v) is 3.42. The molecule has 1 atom stereocenters. The van der Waals surface area contributed by atoms with Crippen LogP contribution in [0.25, 0.3) is 0 Å². The second-order valence-electron chi connectivity index (χ2n) is 4.94. The Hall–Kier alpha value is -2.00. The van der Waals surface area contributed by atoms with Crippen LogP contribution >= 0.6 is 0 Å². The molecule has 0 aliphatic heterocycles. The van der Waals surface area contributed by atoms with Gasteiger partial charge in [-0.05, 0) is 29.7 Å². The first-order valence-electron chi connectivity index (χ1n) is 6.82. The van der Waals surface area contributed by atoms with Gasteiger partial charge in [-0.3, -0.25) is 0 Å². The van der Waals surface area contributed by atoms with E-state index in [-0.39, 0.29) is 0 Å². The number of aromatic hydroxyl groups is 1. The van der Waals surface area contributed by atoms with E-state index >= 15 is 0 Å². The fourth-order valence-electron chi connectivity index (χ4n) is 2.15. The van der Waals surface area contributed by atoms with Gasteiger partial charge in [0.2, 0.25) is 0 Å². The van der Waals surface area contributed by atoms with Crippen molar-refractivity contribution in [3.8, 4) is 11.5 Å². The fraction of sp³-hybridized carbons (Fsp3) is 0.294. The molecule has 0 aliphatic rings. The van der Waals surface area contributed by atoms with Crippen molar-refractivity contribution in [3.63, 3.8) is 0 Å². The molecule has 2 aromatic rings. The van der Waals surface area contributed by atoms with Gasteiger partial charge in [-0.25, -0.2) is 0 Å². The summed E-state index contributed by atoms with van der Waals surface area (Å²) in [5, 5.41) is 13.2. The molecular formula is C17H21NO2. The summed E-state index contributed by atoms with van der Waals surface area (Å²) < 4.78 is 5.17. The van der Waals surface area contributed by atoms with Crippen molar-refractivity contribution in [1.29, 1.82) is 0 Å². The summed E-state index contributed by atoms with van der Waals surface area (Å²) in [7, 11) is 1.63. The first kappa shape index (κ1) is 14.4. The van der Waals surface area contributed by atoms with Gasteiger partial charge >= 0.3 is 0 Å². The largest absolute Gasteiger partial charge is 0.508 e. The first-order chi connectivity index (χ1) is 9.70. The van der Waals surface area contributed by atoms with E-state index in [9.17, 15) is 5.11 Å². The molecule has 0 fully saturated rings. The quantitative estimate of drug-likeness (QED) is 0.847. The Kier molecular flexibility index (Phi) is 5.02. The molecule has 106 valence electrons. The zero-order valence-electron chi connectivity index (χ0n) is 12.0. The number of phenolic OH excluding ortho intramolecular Hbond substituents is 1. The van der Waals surface area contributed by atoms with Gasteiger partial charge in [0.25, 0.3) is 0 Å². The van der Waals surface area contributed by atoms with Crippen molar-refractivity contribution in [1.82, 2.24) is 5.32 Å². The minimum atomic E-state index is 0.297. The lowest BCUT2D eigenvalue weighted by Gasteiger charge is -2.14. The van der Waals surface area contributed by atoms with Crippen LogP contribution in [0.2, 0.25) is 0 Å². The second-order valence-corrected chi connectivity index (χ2v) is 4.94. The molecule has 0 amide bonds. The summed E-state index contributed by atoms with van der Waals surface area (Å²) in [5.74, 6) is 1.49. The van der Waals surface area contributed by atoms with E-state index in [1.807, 2.05) is 12.1 Å². The van der Waals surface area contributed by atoms with Gasteiger partial charge in [0, 0.05) is 18.7 Å². The molecule has 0 spiro atoms. The molecule has 2 aromatic carbocycles. The van der Waals surface area contributed by atoms with Crippen LogP contribution in [0.3, 0.4) is 0 Å². The van der Waals surface area contributed by atoms with Crippen LogP contribution in [-0.2, 0) is 6.54 Å². The number of nitrogens with one attached hydrogen (secondary N) is 1. The summed E-state index contributed by atoms with van der Waals surface area (Å²) >= 11 is 0. The van der Waals surface area contributed by atoms with Crippen LogP contribution in [0.1, 0.15) is 24.0 Å². The number of phenols is 1. The molecule has 0 radical (unpaired) electrons. The van der Waals surface area contributed by atoms with E-state index < -0.39 is 0 Å². The van der Waals surface area contributed by atoms with Crippen molar-refractivity contribution >= 4 is 0 Å². The number of hydrogen-bond acceptors (Lipinski definition) is 3. The minimum absolute atomic E-state index is 0.297. The Bertz CT molecular complexity index is 540. The van der Waals surface area contributed by atoms with Crippen LogP contribution in [0, 0.1) is 0 Å². The van der Waals surface area contributed by atoms with Gasteiger partial charge in [0.15, 0.2) is 0 Å². The molecular weight excluding hydrogens is 250 g/mol. The van der Waals surface area contributed by atoms with Crippen LogP contribution in [-0.4, -0.2) is 18.8 Å². The van der Waals surface area contributed by atoms with Crippen LogP contribution in [0.4, 0.5) is 0 Å². The zero-order chi connectivity index (χ0) is 14.4. The third kappa shape index (κ3) is 3.75. The smallest absolute Gasteiger partial charge is 0.120 e. The average Bonchev–Trinajstić information content (AvgIpc) is 2.50. The Labute approximate surface area is 120 Å². The molecule has 1 unspecified atom stereocenters. The lowest BCUT2D eigenvalue weighted by molar-refractivity contribution is 0.410. The SMILES string of the molecule is COc1ccc(O)c(CNCC(C)c2ccccc2)c1. The zero-order valence-corrected chi connectivity index (χ0v) is 12.0. The van der Waals surface area contributed by atoms with E-state index in [1.165, 1.54) is 5.56 Å². The van der Waals surface area contributed by atoms with Crippen molar-refractivity contribution in [2.24, 2.45) is 0 Å². The standard InChI is InChI=1S/C17H21NO2/c1-13(14-6-4-3-5-7-14)11-18-12-15-10-16(20-2)8-9-17(15)19/h3-10,13,18-19H,11-12H2,1-2H3. The highest BCUT2D eigenvalue weighted by molar-refractivity contribution is 5.39. The number of benzene rings is 2. The van der Waals surface area contributed by atoms with E-state index in [0.29, 0.717) is 18.2 Å². The lowest BCUT2D eigenvalue weighted by atomic mass is 10.0. The van der Waals surface area contributed by atoms with Gasteiger partial charge in [-0.2, -0.15) is 0 Å². The minimum Gasteiger partial charge on any atom is -0.508 e. The highest BCUT2D eigenvalue weighted by Crippen LogP contribution is 2.22. The lowest BCUT2D eigenvalue weighted by Crippen LogP contribution is -2.19. The maximum absolute atomic E-state index is 9.82. The van der Waals surface area contributed by atoms with Gasteiger partial charge in [-0.1, -0.05) is 37.3 Å². The van der Waals surface area contributed by atoms with E-state index in [0.717, 1.165) is 17.9 Å². The van der Waals surface area contributed by atoms with Gasteiger partial charge in [-0.15, -0.1) is 0 Å². The normalized spacial score (nSPS) is 12.1. The molecule has 0 aromatic heterocycles. The van der Waals surface area contributed by atoms with Crippen molar-refractivity contribution in [3.05, 3.63) is 59.7 Å². The second kappa shape index (κ2) is 6.96. The summed E-state index contributed by atoms with van der Waals surface area (Å²) in [4.78, 5) is 0. The highest BCUT2D eigenvalue weighted by atomic mass is 16.5. The predicted octanol–water partition coefficient (Wildman–Crippen LogP) is 3.29. The molecule has 20 heavy (non-hydrogen) atoms. The summed E-state index contributed by atoms with van der Waals surface area (Å²) in [6.45, 7) is 3.68. The fourth-order valence-corrected chi connectivity index (χ4v) is 2.15. The number of hydrogen-bond donors (Lipinski definition) is 2. The summed E-state index contributed by atoms with van der Waals surface area (Å²) in [6.07, 6.45) is 0. The Balaban J connectivity index is 1.90. The Morgan fingerprint density at radius 3 is 2.60 bits per heavy atom. The molecule has 0 aliphatic carbocycles. The number of methoxy groups -OCH3 is 1. The molecule has 2 rings (SSSR count). The predicted molar refractivity (Wildman–Crippen MR) is 81.2 cm³/mol. The Morgan fingerprint density at radius 2 is 1.90 bits per heavy atom. The average molecular weight is 271 g/mol. The molecule has 2 N–H and O–H groups in total. The van der Waals surface area contributed by atoms with Crippen LogP contribution in [0.15, 0.2) is 48.5 Å². The molecule has 0 heterocycles. The monoisotopic (exact) mass is 271 g/mol. The van der Waals surface area contributed by atoms with Crippen LogP contribution < -0.4 is 10.1 Å². The van der Waals surface area contributed by atoms with E-state index in [1.54, 1.807) is 19.2 Å². The molecule has 0 bridgehead atoms. The molecule has 3 heteroatoms. The topological polar surface area (TPSA) is 41.5 Å². The summed E-state index contributed by atoms with van der Waals surface area (Å²) in [6, 6.07) is 15.7. The number of rotatable bonds is 6. The number of ether oxygens (including phenoxy) is 1. The third-order valence-electron chi connectivity index (χ3n) is 3.42. The van der Waals surface area contributed by atoms with Gasteiger partial charge in [0.05, 0.1) is 7.11 Å². The van der Waals surface area contributed by atoms with Gasteiger partial charge < -0.3 is 15.2 Å². The van der Waals surface area contributed by atoms with E-state index in [2.05, 4.69) is 36.5 Å². The van der Waals surface area contributed by atoms with Crippen molar-refractivity contribution in [2.75, 3.05) is 13.7 Å². The van der Waals surface area contributed by atoms with Crippen molar-refractivity contribution < 1.29 is 9.84 Å². The maximum atomic E-state index is 9.82. The van der Waals surface area contributed by atoms with E-state index in [4.69, 9.17) is 4.74 Å². The molecule has 0 saturated heterocycles. The summed E-state index contributed by atoms with van der Waals surface area (Å²) in [5.41, 5.74) is 2.17. The Morgan fingerprint density at radius 1 is 1.15 bits per heavy atom. The van der Waals surface area contributed by atoms with Gasteiger partial charge in [0.1, 0.15) is 11.5 Å². The molecule has 3 nitrogen and oxygen atoms in total. The first-order valence-corrected chi connectivity index (χ1v) is 6.82.